The van der Waals surface area contributed by atoms with Gasteiger partial charge >= 0.3 is 0 Å². The molecule has 1 fully saturated rings. The molecule has 0 aliphatic carbocycles. The standard InChI is InChI=1S/C15H18N2O3S/c1-18-12-3-2-10(13-9-15(16)17-20-13)8-14(12)19-11-4-6-21-7-5-11/h2-3,8-9,11H,4-7H2,1H3,(H2,16,17). The maximum atomic E-state index is 6.11. The quantitative estimate of drug-likeness (QED) is 0.935. The predicted octanol–water partition coefficient (Wildman–Crippen LogP) is 3.21. The Labute approximate surface area is 127 Å². The number of anilines is 1. The van der Waals surface area contributed by atoms with E-state index in [-0.39, 0.29) is 6.10 Å². The maximum Gasteiger partial charge on any atom is 0.169 e. The van der Waals surface area contributed by atoms with Crippen LogP contribution in [0.3, 0.4) is 0 Å². The molecule has 0 saturated carbocycles. The van der Waals surface area contributed by atoms with Crippen LogP contribution in [0.2, 0.25) is 0 Å². The van der Waals surface area contributed by atoms with Crippen molar-refractivity contribution in [1.29, 1.82) is 0 Å². The van der Waals surface area contributed by atoms with E-state index in [0.29, 0.717) is 11.6 Å². The molecule has 112 valence electrons. The molecule has 2 aromatic rings. The number of hydrogen-bond acceptors (Lipinski definition) is 6. The van der Waals surface area contributed by atoms with Crippen molar-refractivity contribution in [2.24, 2.45) is 0 Å². The molecule has 0 atom stereocenters. The van der Waals surface area contributed by atoms with Crippen LogP contribution in [0.4, 0.5) is 5.82 Å². The molecule has 2 heterocycles. The van der Waals surface area contributed by atoms with E-state index >= 15 is 0 Å². The molecule has 1 aromatic heterocycles. The van der Waals surface area contributed by atoms with Gasteiger partial charge in [0.15, 0.2) is 23.1 Å². The summed E-state index contributed by atoms with van der Waals surface area (Å²) in [4.78, 5) is 0. The third-order valence-electron chi connectivity index (χ3n) is 3.44. The minimum absolute atomic E-state index is 0.246. The second kappa shape index (κ2) is 6.30. The summed E-state index contributed by atoms with van der Waals surface area (Å²) in [6, 6.07) is 7.40. The number of benzene rings is 1. The Bertz CT molecular complexity index is 609. The van der Waals surface area contributed by atoms with Gasteiger partial charge in [-0.15, -0.1) is 0 Å². The summed E-state index contributed by atoms with van der Waals surface area (Å²) in [6.45, 7) is 0. The summed E-state index contributed by atoms with van der Waals surface area (Å²) in [7, 11) is 1.64. The molecule has 5 nitrogen and oxygen atoms in total. The number of nitrogens with zero attached hydrogens (tertiary/aromatic N) is 1. The molecular weight excluding hydrogens is 288 g/mol. The normalized spacial score (nSPS) is 15.9. The van der Waals surface area contributed by atoms with Gasteiger partial charge in [-0.25, -0.2) is 0 Å². The van der Waals surface area contributed by atoms with Gasteiger partial charge in [-0.1, -0.05) is 5.16 Å². The fourth-order valence-electron chi connectivity index (χ4n) is 2.32. The number of ether oxygens (including phenoxy) is 2. The number of nitrogen functional groups attached to an aromatic ring is 1. The minimum atomic E-state index is 0.246. The summed E-state index contributed by atoms with van der Waals surface area (Å²) in [5.41, 5.74) is 6.47. The van der Waals surface area contributed by atoms with Crippen LogP contribution in [-0.4, -0.2) is 29.9 Å². The maximum absolute atomic E-state index is 6.11. The molecule has 0 radical (unpaired) electrons. The third kappa shape index (κ3) is 3.26. The van der Waals surface area contributed by atoms with Crippen LogP contribution in [0.15, 0.2) is 28.8 Å². The number of aromatic nitrogens is 1. The fourth-order valence-corrected chi connectivity index (χ4v) is 3.38. The van der Waals surface area contributed by atoms with Gasteiger partial charge in [0.05, 0.1) is 7.11 Å². The minimum Gasteiger partial charge on any atom is -0.493 e. The molecule has 6 heteroatoms. The predicted molar refractivity (Wildman–Crippen MR) is 83.9 cm³/mol. The molecule has 0 bridgehead atoms. The van der Waals surface area contributed by atoms with E-state index in [1.54, 1.807) is 13.2 Å². The van der Waals surface area contributed by atoms with Crippen molar-refractivity contribution < 1.29 is 14.0 Å². The van der Waals surface area contributed by atoms with Gasteiger partial charge in [-0.05, 0) is 42.5 Å². The van der Waals surface area contributed by atoms with Crippen LogP contribution < -0.4 is 15.2 Å². The van der Waals surface area contributed by atoms with Crippen molar-refractivity contribution in [3.8, 4) is 22.8 Å². The molecule has 21 heavy (non-hydrogen) atoms. The zero-order valence-electron chi connectivity index (χ0n) is 11.9. The molecular formula is C15H18N2O3S. The van der Waals surface area contributed by atoms with Crippen LogP contribution in [-0.2, 0) is 0 Å². The average molecular weight is 306 g/mol. The molecule has 0 unspecified atom stereocenters. The Morgan fingerprint density at radius 3 is 2.71 bits per heavy atom. The first-order valence-corrected chi connectivity index (χ1v) is 8.07. The first-order valence-electron chi connectivity index (χ1n) is 6.91. The van der Waals surface area contributed by atoms with E-state index in [1.807, 2.05) is 30.0 Å². The first kappa shape index (κ1) is 14.1. The lowest BCUT2D eigenvalue weighted by molar-refractivity contribution is 0.184. The monoisotopic (exact) mass is 306 g/mol. The van der Waals surface area contributed by atoms with Crippen molar-refractivity contribution in [3.63, 3.8) is 0 Å². The highest BCUT2D eigenvalue weighted by Gasteiger charge is 2.18. The number of methoxy groups -OCH3 is 1. The van der Waals surface area contributed by atoms with Crippen molar-refractivity contribution >= 4 is 17.6 Å². The summed E-state index contributed by atoms with van der Waals surface area (Å²) in [6.07, 6.45) is 2.37. The highest BCUT2D eigenvalue weighted by atomic mass is 32.2. The van der Waals surface area contributed by atoms with Crippen LogP contribution in [0.25, 0.3) is 11.3 Å². The van der Waals surface area contributed by atoms with Crippen LogP contribution in [0, 0.1) is 0 Å². The van der Waals surface area contributed by atoms with Crippen LogP contribution in [0.1, 0.15) is 12.8 Å². The number of nitrogens with two attached hydrogens (primary N) is 1. The molecule has 1 saturated heterocycles. The highest BCUT2D eigenvalue weighted by Crippen LogP contribution is 2.35. The lowest BCUT2D eigenvalue weighted by Crippen LogP contribution is -2.22. The van der Waals surface area contributed by atoms with Crippen LogP contribution >= 0.6 is 11.8 Å². The summed E-state index contributed by atoms with van der Waals surface area (Å²) in [5, 5.41) is 3.71. The largest absolute Gasteiger partial charge is 0.493 e. The van der Waals surface area contributed by atoms with Gasteiger partial charge in [0, 0.05) is 11.6 Å². The van der Waals surface area contributed by atoms with E-state index in [9.17, 15) is 0 Å². The Hall–Kier alpha value is -1.82. The Morgan fingerprint density at radius 1 is 1.24 bits per heavy atom. The first-order chi connectivity index (χ1) is 10.3. The molecule has 0 spiro atoms. The van der Waals surface area contributed by atoms with Gasteiger partial charge in [0.1, 0.15) is 6.10 Å². The number of hydrogen-bond donors (Lipinski definition) is 1. The summed E-state index contributed by atoms with van der Waals surface area (Å²) >= 11 is 1.97. The van der Waals surface area contributed by atoms with Gasteiger partial charge in [-0.3, -0.25) is 0 Å². The van der Waals surface area contributed by atoms with Crippen molar-refractivity contribution in [1.82, 2.24) is 5.16 Å². The number of thioether (sulfide) groups is 1. The topological polar surface area (TPSA) is 70.5 Å². The molecule has 1 aliphatic rings. The van der Waals surface area contributed by atoms with E-state index < -0.39 is 0 Å². The summed E-state index contributed by atoms with van der Waals surface area (Å²) in [5.74, 6) is 4.74. The zero-order valence-corrected chi connectivity index (χ0v) is 12.7. The van der Waals surface area contributed by atoms with E-state index in [0.717, 1.165) is 41.4 Å². The second-order valence-electron chi connectivity index (χ2n) is 4.91. The Morgan fingerprint density at radius 2 is 2.05 bits per heavy atom. The lowest BCUT2D eigenvalue weighted by Gasteiger charge is -2.24. The highest BCUT2D eigenvalue weighted by molar-refractivity contribution is 7.99. The summed E-state index contributed by atoms with van der Waals surface area (Å²) < 4.78 is 16.7. The zero-order chi connectivity index (χ0) is 14.7. The Balaban J connectivity index is 1.86. The molecule has 3 rings (SSSR count). The van der Waals surface area contributed by atoms with Gasteiger partial charge in [0.25, 0.3) is 0 Å². The SMILES string of the molecule is COc1ccc(-c2cc(N)no2)cc1OC1CCSCC1. The molecule has 0 amide bonds. The van der Waals surface area contributed by atoms with E-state index in [4.69, 9.17) is 19.7 Å². The second-order valence-corrected chi connectivity index (χ2v) is 6.14. The molecule has 2 N–H and O–H groups in total. The van der Waals surface area contributed by atoms with E-state index in [1.165, 1.54) is 0 Å². The van der Waals surface area contributed by atoms with Crippen molar-refractivity contribution in [3.05, 3.63) is 24.3 Å². The van der Waals surface area contributed by atoms with Gasteiger partial charge in [-0.2, -0.15) is 11.8 Å². The Kier molecular flexibility index (Phi) is 4.24. The smallest absolute Gasteiger partial charge is 0.169 e. The van der Waals surface area contributed by atoms with Crippen LogP contribution in [0.5, 0.6) is 11.5 Å². The van der Waals surface area contributed by atoms with Crippen molar-refractivity contribution in [2.45, 2.75) is 18.9 Å². The molecule has 1 aliphatic heterocycles. The van der Waals surface area contributed by atoms with Crippen molar-refractivity contribution in [2.75, 3.05) is 24.3 Å². The third-order valence-corrected chi connectivity index (χ3v) is 4.49. The molecule has 1 aromatic carbocycles. The van der Waals surface area contributed by atoms with Gasteiger partial charge in [0.2, 0.25) is 0 Å². The number of rotatable bonds is 4. The fraction of sp³-hybridized carbons (Fsp3) is 0.400. The van der Waals surface area contributed by atoms with E-state index in [2.05, 4.69) is 5.16 Å². The van der Waals surface area contributed by atoms with Gasteiger partial charge < -0.3 is 19.7 Å². The average Bonchev–Trinajstić information content (AvgIpc) is 2.95. The lowest BCUT2D eigenvalue weighted by atomic mass is 10.1.